The predicted molar refractivity (Wildman–Crippen MR) is 74.6 cm³/mol. The second-order valence-electron chi connectivity index (χ2n) is 5.44. The van der Waals surface area contributed by atoms with Gasteiger partial charge in [-0.05, 0) is 50.6 Å². The van der Waals surface area contributed by atoms with Crippen LogP contribution in [-0.2, 0) is 0 Å². The minimum Gasteiger partial charge on any atom is -0.381 e. The SMILES string of the molecule is Cc1ccc(C#N)c(NC2CCN(C)CC2C)c1. The number of nitriles is 1. The van der Waals surface area contributed by atoms with E-state index in [0.717, 1.165) is 30.8 Å². The van der Waals surface area contributed by atoms with Crippen LogP contribution in [0.25, 0.3) is 0 Å². The highest BCUT2D eigenvalue weighted by atomic mass is 15.1. The number of nitrogens with zero attached hydrogens (tertiary/aromatic N) is 2. The number of piperidine rings is 1. The fourth-order valence-electron chi connectivity index (χ4n) is 2.64. The highest BCUT2D eigenvalue weighted by Crippen LogP contribution is 2.23. The summed E-state index contributed by atoms with van der Waals surface area (Å²) >= 11 is 0. The van der Waals surface area contributed by atoms with Gasteiger partial charge in [0.1, 0.15) is 6.07 Å². The lowest BCUT2D eigenvalue weighted by Crippen LogP contribution is -2.43. The first-order valence-corrected chi connectivity index (χ1v) is 6.56. The van der Waals surface area contributed by atoms with Gasteiger partial charge in [-0.2, -0.15) is 5.26 Å². The van der Waals surface area contributed by atoms with Crippen molar-refractivity contribution in [1.29, 1.82) is 5.26 Å². The van der Waals surface area contributed by atoms with E-state index in [1.165, 1.54) is 5.56 Å². The molecule has 3 nitrogen and oxygen atoms in total. The Morgan fingerprint density at radius 3 is 2.89 bits per heavy atom. The van der Waals surface area contributed by atoms with Gasteiger partial charge in [0.15, 0.2) is 0 Å². The van der Waals surface area contributed by atoms with Crippen molar-refractivity contribution < 1.29 is 0 Å². The lowest BCUT2D eigenvalue weighted by molar-refractivity contribution is 0.206. The molecule has 0 aliphatic carbocycles. The maximum atomic E-state index is 9.15. The number of hydrogen-bond donors (Lipinski definition) is 1. The second-order valence-corrected chi connectivity index (χ2v) is 5.44. The van der Waals surface area contributed by atoms with E-state index in [1.807, 2.05) is 12.1 Å². The summed E-state index contributed by atoms with van der Waals surface area (Å²) in [5.74, 6) is 0.607. The van der Waals surface area contributed by atoms with E-state index in [4.69, 9.17) is 5.26 Å². The molecule has 96 valence electrons. The van der Waals surface area contributed by atoms with E-state index in [-0.39, 0.29) is 0 Å². The number of hydrogen-bond acceptors (Lipinski definition) is 3. The molecule has 1 aromatic rings. The number of likely N-dealkylation sites (tertiary alicyclic amines) is 1. The minimum absolute atomic E-state index is 0.468. The Balaban J connectivity index is 2.14. The van der Waals surface area contributed by atoms with Crippen molar-refractivity contribution >= 4 is 5.69 Å². The predicted octanol–water partition coefficient (Wildman–Crippen LogP) is 2.62. The zero-order chi connectivity index (χ0) is 13.1. The van der Waals surface area contributed by atoms with Gasteiger partial charge in [0, 0.05) is 12.6 Å². The number of rotatable bonds is 2. The Labute approximate surface area is 109 Å². The molecule has 1 fully saturated rings. The molecule has 2 unspecified atom stereocenters. The van der Waals surface area contributed by atoms with Gasteiger partial charge in [-0.25, -0.2) is 0 Å². The molecular weight excluding hydrogens is 222 g/mol. The Kier molecular flexibility index (Phi) is 3.88. The summed E-state index contributed by atoms with van der Waals surface area (Å²) in [7, 11) is 2.17. The van der Waals surface area contributed by atoms with Crippen LogP contribution < -0.4 is 5.32 Å². The van der Waals surface area contributed by atoms with Gasteiger partial charge in [0.2, 0.25) is 0 Å². The molecule has 1 N–H and O–H groups in total. The molecule has 1 aromatic carbocycles. The Bertz CT molecular complexity index is 461. The highest BCUT2D eigenvalue weighted by molar-refractivity contribution is 5.59. The summed E-state index contributed by atoms with van der Waals surface area (Å²) in [6.07, 6.45) is 1.14. The Morgan fingerprint density at radius 2 is 2.22 bits per heavy atom. The van der Waals surface area contributed by atoms with Gasteiger partial charge >= 0.3 is 0 Å². The zero-order valence-electron chi connectivity index (χ0n) is 11.4. The van der Waals surface area contributed by atoms with Crippen molar-refractivity contribution in [3.8, 4) is 6.07 Å². The van der Waals surface area contributed by atoms with Crippen LogP contribution in [0, 0.1) is 24.2 Å². The molecule has 3 heteroatoms. The normalized spacial score (nSPS) is 24.6. The van der Waals surface area contributed by atoms with Crippen LogP contribution in [0.15, 0.2) is 18.2 Å². The quantitative estimate of drug-likeness (QED) is 0.868. The number of anilines is 1. The van der Waals surface area contributed by atoms with E-state index in [9.17, 15) is 0 Å². The molecule has 1 aliphatic rings. The summed E-state index contributed by atoms with van der Waals surface area (Å²) in [5.41, 5.74) is 2.92. The average molecular weight is 243 g/mol. The van der Waals surface area contributed by atoms with Crippen LogP contribution in [0.3, 0.4) is 0 Å². The third-order valence-corrected chi connectivity index (χ3v) is 3.74. The fraction of sp³-hybridized carbons (Fsp3) is 0.533. The summed E-state index contributed by atoms with van der Waals surface area (Å²) in [4.78, 5) is 2.37. The summed E-state index contributed by atoms with van der Waals surface area (Å²) < 4.78 is 0. The Morgan fingerprint density at radius 1 is 1.44 bits per heavy atom. The van der Waals surface area contributed by atoms with E-state index in [2.05, 4.69) is 43.2 Å². The van der Waals surface area contributed by atoms with Gasteiger partial charge in [0.25, 0.3) is 0 Å². The number of benzene rings is 1. The van der Waals surface area contributed by atoms with Crippen LogP contribution in [0.1, 0.15) is 24.5 Å². The number of nitrogens with one attached hydrogen (secondary N) is 1. The van der Waals surface area contributed by atoms with Gasteiger partial charge in [-0.15, -0.1) is 0 Å². The molecule has 0 saturated carbocycles. The molecule has 0 radical (unpaired) electrons. The Hall–Kier alpha value is -1.53. The molecule has 2 rings (SSSR count). The van der Waals surface area contributed by atoms with Gasteiger partial charge in [-0.3, -0.25) is 0 Å². The van der Waals surface area contributed by atoms with Crippen molar-refractivity contribution in [2.75, 3.05) is 25.5 Å². The van der Waals surface area contributed by atoms with Crippen molar-refractivity contribution in [2.45, 2.75) is 26.3 Å². The van der Waals surface area contributed by atoms with Crippen molar-refractivity contribution in [3.63, 3.8) is 0 Å². The van der Waals surface area contributed by atoms with Crippen LogP contribution in [0.4, 0.5) is 5.69 Å². The highest BCUT2D eigenvalue weighted by Gasteiger charge is 2.24. The molecule has 0 bridgehead atoms. The van der Waals surface area contributed by atoms with Crippen molar-refractivity contribution in [1.82, 2.24) is 4.90 Å². The van der Waals surface area contributed by atoms with Crippen LogP contribution in [0.2, 0.25) is 0 Å². The molecule has 1 saturated heterocycles. The zero-order valence-corrected chi connectivity index (χ0v) is 11.4. The smallest absolute Gasteiger partial charge is 0.101 e. The van der Waals surface area contributed by atoms with Gasteiger partial charge in [0.05, 0.1) is 11.3 Å². The molecule has 0 aromatic heterocycles. The molecule has 0 spiro atoms. The first-order valence-electron chi connectivity index (χ1n) is 6.56. The number of aryl methyl sites for hydroxylation is 1. The monoisotopic (exact) mass is 243 g/mol. The largest absolute Gasteiger partial charge is 0.381 e. The third-order valence-electron chi connectivity index (χ3n) is 3.74. The van der Waals surface area contributed by atoms with E-state index in [1.54, 1.807) is 0 Å². The third kappa shape index (κ3) is 2.83. The maximum Gasteiger partial charge on any atom is 0.101 e. The molecule has 2 atom stereocenters. The van der Waals surface area contributed by atoms with Gasteiger partial charge in [-0.1, -0.05) is 13.0 Å². The molecular formula is C15H21N3. The lowest BCUT2D eigenvalue weighted by Gasteiger charge is -2.36. The van der Waals surface area contributed by atoms with E-state index in [0.29, 0.717) is 12.0 Å². The standard InChI is InChI=1S/C15H21N3/c1-11-4-5-13(9-16)15(8-11)17-14-6-7-18(3)10-12(14)2/h4-5,8,12,14,17H,6-7,10H2,1-3H3. The molecule has 18 heavy (non-hydrogen) atoms. The summed E-state index contributed by atoms with van der Waals surface area (Å²) in [6.45, 7) is 6.57. The second kappa shape index (κ2) is 5.41. The first kappa shape index (κ1) is 12.9. The fourth-order valence-corrected chi connectivity index (χ4v) is 2.64. The average Bonchev–Trinajstić information content (AvgIpc) is 2.33. The van der Waals surface area contributed by atoms with Crippen molar-refractivity contribution in [2.24, 2.45) is 5.92 Å². The summed E-state index contributed by atoms with van der Waals surface area (Å²) in [6, 6.07) is 8.69. The van der Waals surface area contributed by atoms with E-state index >= 15 is 0 Å². The van der Waals surface area contributed by atoms with Crippen LogP contribution >= 0.6 is 0 Å². The molecule has 1 aliphatic heterocycles. The van der Waals surface area contributed by atoms with E-state index < -0.39 is 0 Å². The maximum absolute atomic E-state index is 9.15. The molecule has 0 amide bonds. The lowest BCUT2D eigenvalue weighted by atomic mass is 9.93. The first-order chi connectivity index (χ1) is 8.60. The topological polar surface area (TPSA) is 39.1 Å². The van der Waals surface area contributed by atoms with Crippen LogP contribution in [-0.4, -0.2) is 31.1 Å². The molecule has 1 heterocycles. The minimum atomic E-state index is 0.468. The van der Waals surface area contributed by atoms with Gasteiger partial charge < -0.3 is 10.2 Å². The van der Waals surface area contributed by atoms with Crippen molar-refractivity contribution in [3.05, 3.63) is 29.3 Å². The summed E-state index contributed by atoms with van der Waals surface area (Å²) in [5, 5.41) is 12.7. The van der Waals surface area contributed by atoms with Crippen LogP contribution in [0.5, 0.6) is 0 Å².